The van der Waals surface area contributed by atoms with Gasteiger partial charge >= 0.3 is 12.1 Å². The van der Waals surface area contributed by atoms with E-state index in [4.69, 9.17) is 15.5 Å². The normalized spacial score (nSPS) is 18.7. The van der Waals surface area contributed by atoms with Gasteiger partial charge in [-0.15, -0.1) is 0 Å². The molecule has 4 aromatic rings. The number of aromatic nitrogens is 4. The summed E-state index contributed by atoms with van der Waals surface area (Å²) in [4.78, 5) is 38.3. The topological polar surface area (TPSA) is 145 Å². The van der Waals surface area contributed by atoms with Crippen molar-refractivity contribution in [3.8, 4) is 17.0 Å². The molecular weight excluding hydrogens is 565 g/mol. The van der Waals surface area contributed by atoms with Crippen LogP contribution in [-0.2, 0) is 11.0 Å². The van der Waals surface area contributed by atoms with E-state index in [2.05, 4.69) is 15.3 Å². The molecule has 1 aliphatic rings. The van der Waals surface area contributed by atoms with Crippen molar-refractivity contribution < 1.29 is 32.6 Å². The molecule has 226 valence electrons. The summed E-state index contributed by atoms with van der Waals surface area (Å²) in [5.41, 5.74) is 6.14. The number of nitrogens with two attached hydrogens (primary N) is 1. The van der Waals surface area contributed by atoms with Gasteiger partial charge in [0, 0.05) is 35.6 Å². The number of nitrogens with one attached hydrogen (secondary N) is 1. The average molecular weight is 597 g/mol. The molecule has 1 aromatic carbocycles. The average Bonchev–Trinajstić information content (AvgIpc) is 3.57. The van der Waals surface area contributed by atoms with Crippen molar-refractivity contribution in [1.82, 2.24) is 19.4 Å². The van der Waals surface area contributed by atoms with E-state index in [1.807, 2.05) is 18.2 Å². The van der Waals surface area contributed by atoms with Crippen LogP contribution >= 0.6 is 0 Å². The Balaban J connectivity index is 1.53. The zero-order valence-corrected chi connectivity index (χ0v) is 23.8. The lowest BCUT2D eigenvalue weighted by molar-refractivity contribution is -0.151. The van der Waals surface area contributed by atoms with Crippen molar-refractivity contribution in [1.29, 1.82) is 0 Å². The summed E-state index contributed by atoms with van der Waals surface area (Å²) >= 11 is 0. The van der Waals surface area contributed by atoms with Gasteiger partial charge in [-0.1, -0.05) is 13.8 Å². The molecule has 10 nitrogen and oxygen atoms in total. The molecule has 0 spiro atoms. The fourth-order valence-corrected chi connectivity index (χ4v) is 5.82. The van der Waals surface area contributed by atoms with Gasteiger partial charge in [0.2, 0.25) is 0 Å². The molecule has 0 bridgehead atoms. The van der Waals surface area contributed by atoms with Gasteiger partial charge in [-0.05, 0) is 62.4 Å². The van der Waals surface area contributed by atoms with Crippen LogP contribution in [0.2, 0.25) is 0 Å². The third-order valence-corrected chi connectivity index (χ3v) is 8.18. The number of carbonyl (C=O) groups excluding carboxylic acids is 1. The maximum atomic E-state index is 13.1. The first-order valence-electron chi connectivity index (χ1n) is 13.8. The number of carbonyl (C=O) groups is 2. The van der Waals surface area contributed by atoms with Gasteiger partial charge in [0.05, 0.1) is 17.6 Å². The number of nitrogens with zero attached hydrogens (tertiary/aromatic N) is 4. The van der Waals surface area contributed by atoms with Gasteiger partial charge in [-0.3, -0.25) is 14.0 Å². The monoisotopic (exact) mass is 596 g/mol. The number of anilines is 2. The Bertz CT molecular complexity index is 1700. The second kappa shape index (κ2) is 11.2. The van der Waals surface area contributed by atoms with E-state index >= 15 is 0 Å². The summed E-state index contributed by atoms with van der Waals surface area (Å²) < 4.78 is 47.1. The van der Waals surface area contributed by atoms with Gasteiger partial charge in [-0.25, -0.2) is 15.0 Å². The Hall–Kier alpha value is -4.68. The number of hydrogen-bond donors (Lipinski definition) is 3. The van der Waals surface area contributed by atoms with Crippen LogP contribution in [0.5, 0.6) is 5.75 Å². The summed E-state index contributed by atoms with van der Waals surface area (Å²) in [6, 6.07) is 6.18. The fourth-order valence-electron chi connectivity index (χ4n) is 5.82. The van der Waals surface area contributed by atoms with E-state index in [0.717, 1.165) is 18.3 Å². The van der Waals surface area contributed by atoms with E-state index < -0.39 is 29.0 Å². The molecule has 1 fully saturated rings. The molecule has 3 heterocycles. The first kappa shape index (κ1) is 29.8. The summed E-state index contributed by atoms with van der Waals surface area (Å²) in [5, 5.41) is 12.5. The van der Waals surface area contributed by atoms with Crippen LogP contribution in [0, 0.1) is 11.3 Å². The Morgan fingerprint density at radius 3 is 2.63 bits per heavy atom. The Morgan fingerprint density at radius 1 is 1.21 bits per heavy atom. The zero-order valence-electron chi connectivity index (χ0n) is 23.8. The molecule has 1 aliphatic carbocycles. The molecule has 0 unspecified atom stereocenters. The predicted octanol–water partition coefficient (Wildman–Crippen LogP) is 6.04. The van der Waals surface area contributed by atoms with Crippen molar-refractivity contribution in [3.05, 3.63) is 65.9 Å². The molecule has 2 atom stereocenters. The Kier molecular flexibility index (Phi) is 7.76. The quantitative estimate of drug-likeness (QED) is 0.223. The highest BCUT2D eigenvalue weighted by atomic mass is 19.4. The van der Waals surface area contributed by atoms with Crippen LogP contribution in [-0.4, -0.2) is 42.9 Å². The third-order valence-electron chi connectivity index (χ3n) is 8.18. The lowest BCUT2D eigenvalue weighted by atomic mass is 9.75. The van der Waals surface area contributed by atoms with Crippen molar-refractivity contribution in [2.24, 2.45) is 11.3 Å². The SMILES string of the molecule is CCOc1cc(C(=O)Nc2cc(C(F)(F)F)ccn2)ccc1-c1nc([C@H]2CC[C@@](C(=O)O)(C(C)C)C2)n2ccnc(N)c12. The second-order valence-corrected chi connectivity index (χ2v) is 10.9. The van der Waals surface area contributed by atoms with Gasteiger partial charge in [0.15, 0.2) is 0 Å². The van der Waals surface area contributed by atoms with Gasteiger partial charge in [0.1, 0.15) is 34.4 Å². The number of amides is 1. The van der Waals surface area contributed by atoms with E-state index in [0.29, 0.717) is 47.6 Å². The van der Waals surface area contributed by atoms with Crippen LogP contribution in [0.15, 0.2) is 48.9 Å². The van der Waals surface area contributed by atoms with Gasteiger partial charge < -0.3 is 20.9 Å². The highest BCUT2D eigenvalue weighted by Gasteiger charge is 2.49. The fraction of sp³-hybridized carbons (Fsp3) is 0.367. The summed E-state index contributed by atoms with van der Waals surface area (Å²) in [6.45, 7) is 5.86. The minimum absolute atomic E-state index is 0.0678. The van der Waals surface area contributed by atoms with Crippen LogP contribution in [0.3, 0.4) is 0 Å². The molecule has 1 amide bonds. The predicted molar refractivity (Wildman–Crippen MR) is 153 cm³/mol. The number of imidazole rings is 1. The molecule has 0 aliphatic heterocycles. The molecular formula is C30H31F3N6O4. The number of fused-ring (bicyclic) bond motifs is 1. The molecule has 13 heteroatoms. The number of alkyl halides is 3. The summed E-state index contributed by atoms with van der Waals surface area (Å²) in [7, 11) is 0. The Labute approximate surface area is 245 Å². The van der Waals surface area contributed by atoms with Crippen LogP contribution in [0.25, 0.3) is 16.8 Å². The summed E-state index contributed by atoms with van der Waals surface area (Å²) in [6.07, 6.45) is 1.24. The molecule has 1 saturated carbocycles. The minimum Gasteiger partial charge on any atom is -0.493 e. The molecule has 43 heavy (non-hydrogen) atoms. The number of pyridine rings is 1. The number of benzene rings is 1. The van der Waals surface area contributed by atoms with E-state index in [-0.39, 0.29) is 35.6 Å². The molecule has 0 saturated heterocycles. The number of halogens is 3. The first-order chi connectivity index (χ1) is 20.4. The number of ether oxygens (including phenoxy) is 1. The number of carboxylic acid groups (broad SMARTS) is 1. The summed E-state index contributed by atoms with van der Waals surface area (Å²) in [5.74, 6) is -0.800. The van der Waals surface area contributed by atoms with Crippen molar-refractivity contribution in [2.45, 2.75) is 52.1 Å². The molecule has 5 rings (SSSR count). The van der Waals surface area contributed by atoms with E-state index in [1.54, 1.807) is 25.4 Å². The lowest BCUT2D eigenvalue weighted by Gasteiger charge is -2.28. The number of carboxylic acids is 1. The first-order valence-corrected chi connectivity index (χ1v) is 13.8. The van der Waals surface area contributed by atoms with Gasteiger partial charge in [-0.2, -0.15) is 13.2 Å². The van der Waals surface area contributed by atoms with Crippen LogP contribution in [0.4, 0.5) is 24.8 Å². The number of nitrogen functional groups attached to an aromatic ring is 1. The second-order valence-electron chi connectivity index (χ2n) is 10.9. The van der Waals surface area contributed by atoms with Crippen LogP contribution in [0.1, 0.15) is 67.7 Å². The maximum Gasteiger partial charge on any atom is 0.416 e. The standard InChI is InChI=1S/C30H31F3N6O4/c1-4-43-21-13-17(27(40)37-22-14-19(8-10-35-22)30(31,32)33)5-6-20(21)23-24-25(34)36-11-12-39(24)26(38-23)18-7-9-29(15-18,16(2)3)28(41)42/h5-6,8,10-14,16,18H,4,7,9,15H2,1-3H3,(H2,34,36)(H,41,42)(H,35,37,40)/t18-,29-/m0/s1. The lowest BCUT2D eigenvalue weighted by Crippen LogP contribution is -2.33. The number of hydrogen-bond acceptors (Lipinski definition) is 7. The zero-order chi connectivity index (χ0) is 31.1. The maximum absolute atomic E-state index is 13.1. The smallest absolute Gasteiger partial charge is 0.416 e. The third kappa shape index (κ3) is 5.46. The number of rotatable bonds is 8. The number of aliphatic carboxylic acids is 1. The molecule has 4 N–H and O–H groups in total. The van der Waals surface area contributed by atoms with Crippen molar-refractivity contribution in [3.63, 3.8) is 0 Å². The molecule has 0 radical (unpaired) electrons. The van der Waals surface area contributed by atoms with Crippen LogP contribution < -0.4 is 15.8 Å². The highest BCUT2D eigenvalue weighted by molar-refractivity contribution is 6.04. The van der Waals surface area contributed by atoms with Crippen molar-refractivity contribution >= 4 is 29.0 Å². The highest BCUT2D eigenvalue weighted by Crippen LogP contribution is 2.51. The molecule has 3 aromatic heterocycles. The Morgan fingerprint density at radius 2 is 1.98 bits per heavy atom. The van der Waals surface area contributed by atoms with Gasteiger partial charge in [0.25, 0.3) is 5.91 Å². The largest absolute Gasteiger partial charge is 0.493 e. The van der Waals surface area contributed by atoms with Crippen molar-refractivity contribution in [2.75, 3.05) is 17.7 Å². The minimum atomic E-state index is -4.59. The van der Waals surface area contributed by atoms with E-state index in [1.165, 1.54) is 12.1 Å². The van der Waals surface area contributed by atoms with E-state index in [9.17, 15) is 27.9 Å².